The van der Waals surface area contributed by atoms with Crippen molar-refractivity contribution in [3.05, 3.63) is 12.3 Å². The molecule has 0 N–H and O–H groups in total. The van der Waals surface area contributed by atoms with Crippen LogP contribution in [-0.4, -0.2) is 35.2 Å². The first-order chi connectivity index (χ1) is 13.2. The van der Waals surface area contributed by atoms with Crippen molar-refractivity contribution in [3.8, 4) is 0 Å². The molecule has 0 bridgehead atoms. The molecule has 0 aromatic carbocycles. The molecule has 0 atom stereocenters. The van der Waals surface area contributed by atoms with Gasteiger partial charge in [-0.15, -0.1) is 0 Å². The van der Waals surface area contributed by atoms with Crippen molar-refractivity contribution in [2.24, 2.45) is 0 Å². The van der Waals surface area contributed by atoms with E-state index in [2.05, 4.69) is 13.0 Å². The molecule has 0 aliphatic rings. The van der Waals surface area contributed by atoms with E-state index in [-0.39, 0.29) is 0 Å². The molecule has 0 saturated heterocycles. The van der Waals surface area contributed by atoms with Crippen molar-refractivity contribution in [1.29, 1.82) is 0 Å². The van der Waals surface area contributed by atoms with Gasteiger partial charge < -0.3 is 18.0 Å². The predicted molar refractivity (Wildman–Crippen MR) is 117 cm³/mol. The van der Waals surface area contributed by atoms with E-state index in [4.69, 9.17) is 18.0 Å². The third-order valence-electron chi connectivity index (χ3n) is 4.50. The Morgan fingerprint density at radius 2 is 1.19 bits per heavy atom. The van der Waals surface area contributed by atoms with Crippen LogP contribution in [0.3, 0.4) is 0 Å². The lowest BCUT2D eigenvalue weighted by Gasteiger charge is -2.28. The maximum absolute atomic E-state index is 5.90. The van der Waals surface area contributed by atoms with Crippen molar-refractivity contribution >= 4 is 8.80 Å². The van der Waals surface area contributed by atoms with Crippen molar-refractivity contribution in [2.75, 3.05) is 26.4 Å². The maximum Gasteiger partial charge on any atom is 0.500 e. The fourth-order valence-electron chi connectivity index (χ4n) is 3.13. The van der Waals surface area contributed by atoms with Crippen LogP contribution >= 0.6 is 0 Å². The summed E-state index contributed by atoms with van der Waals surface area (Å²) >= 11 is 0. The fraction of sp³-hybridized carbons (Fsp3) is 0.909. The minimum absolute atomic E-state index is 0.662. The van der Waals surface area contributed by atoms with E-state index >= 15 is 0 Å². The van der Waals surface area contributed by atoms with Gasteiger partial charge in [0.05, 0.1) is 12.9 Å². The lowest BCUT2D eigenvalue weighted by atomic mass is 10.1. The monoisotopic (exact) mass is 402 g/mol. The first kappa shape index (κ1) is 26.6. The molecule has 0 heterocycles. The number of allylic oxidation sites excluding steroid dienone is 1. The summed E-state index contributed by atoms with van der Waals surface area (Å²) in [6.45, 7) is 11.1. The van der Waals surface area contributed by atoms with Crippen molar-refractivity contribution in [3.63, 3.8) is 0 Å². The minimum atomic E-state index is -2.43. The fourth-order valence-corrected chi connectivity index (χ4v) is 5.81. The van der Waals surface area contributed by atoms with Crippen molar-refractivity contribution < 1.29 is 18.0 Å². The van der Waals surface area contributed by atoms with Crippen LogP contribution < -0.4 is 0 Å². The van der Waals surface area contributed by atoms with Gasteiger partial charge in [0.15, 0.2) is 0 Å². The van der Waals surface area contributed by atoms with Crippen LogP contribution in [0, 0.1) is 0 Å². The van der Waals surface area contributed by atoms with E-state index in [1.54, 1.807) is 0 Å². The molecule has 0 aromatic rings. The molecule has 0 unspecified atom stereocenters. The van der Waals surface area contributed by atoms with E-state index in [0.29, 0.717) is 19.8 Å². The van der Waals surface area contributed by atoms with Crippen LogP contribution in [0.4, 0.5) is 0 Å². The Morgan fingerprint density at radius 3 is 1.81 bits per heavy atom. The van der Waals surface area contributed by atoms with Gasteiger partial charge in [0.1, 0.15) is 0 Å². The molecule has 0 aliphatic heterocycles. The van der Waals surface area contributed by atoms with Gasteiger partial charge in [-0.3, -0.25) is 0 Å². The zero-order valence-electron chi connectivity index (χ0n) is 18.6. The molecule has 0 rings (SSSR count). The summed E-state index contributed by atoms with van der Waals surface area (Å²) in [5.74, 6) is 0. The molecule has 0 spiro atoms. The normalized spacial score (nSPS) is 12.1. The van der Waals surface area contributed by atoms with E-state index in [0.717, 1.165) is 25.5 Å². The summed E-state index contributed by atoms with van der Waals surface area (Å²) in [4.78, 5) is 0. The number of rotatable bonds is 21. The number of hydrogen-bond acceptors (Lipinski definition) is 4. The second-order valence-corrected chi connectivity index (χ2v) is 9.68. The number of ether oxygens (including phenoxy) is 1. The van der Waals surface area contributed by atoms with Crippen LogP contribution in [0.1, 0.15) is 98.3 Å². The van der Waals surface area contributed by atoms with Crippen LogP contribution in [0.25, 0.3) is 0 Å². The van der Waals surface area contributed by atoms with Crippen LogP contribution in [0.5, 0.6) is 0 Å². The van der Waals surface area contributed by atoms with E-state index in [1.807, 2.05) is 27.0 Å². The molecule has 0 radical (unpaired) electrons. The first-order valence-electron chi connectivity index (χ1n) is 11.4. The summed E-state index contributed by atoms with van der Waals surface area (Å²) in [6, 6.07) is 0.930. The largest absolute Gasteiger partial charge is 0.502 e. The highest BCUT2D eigenvalue weighted by atomic mass is 28.4. The highest BCUT2D eigenvalue weighted by Crippen LogP contribution is 2.20. The maximum atomic E-state index is 5.90. The molecule has 4 nitrogen and oxygen atoms in total. The third kappa shape index (κ3) is 16.3. The van der Waals surface area contributed by atoms with Crippen LogP contribution in [0.15, 0.2) is 12.3 Å². The van der Waals surface area contributed by atoms with Gasteiger partial charge in [-0.05, 0) is 52.5 Å². The lowest BCUT2D eigenvalue weighted by Crippen LogP contribution is -2.45. The Labute approximate surface area is 170 Å². The standard InChI is InChI=1S/C22H46O4Si/c1-5-9-10-11-14-17-20-23-21-18-15-12-13-16-19-22-27(24-6-2,25-7-3)26-8-4/h18,21H,5-17,19-20,22H2,1-4H3/b21-18+. The van der Waals surface area contributed by atoms with Crippen LogP contribution in [0.2, 0.25) is 6.04 Å². The Hall–Kier alpha value is -0.363. The highest BCUT2D eigenvalue weighted by molar-refractivity contribution is 6.60. The van der Waals surface area contributed by atoms with Gasteiger partial charge in [0.25, 0.3) is 0 Å². The molecule has 162 valence electrons. The van der Waals surface area contributed by atoms with Crippen molar-refractivity contribution in [2.45, 2.75) is 104 Å². The Morgan fingerprint density at radius 1 is 0.630 bits per heavy atom. The van der Waals surface area contributed by atoms with Gasteiger partial charge in [-0.25, -0.2) is 0 Å². The Balaban J connectivity index is 3.61. The SMILES string of the molecule is CCCCCCCCO/C=C/CCCCCC[Si](OCC)(OCC)OCC. The number of unbranched alkanes of at least 4 members (excludes halogenated alkanes) is 9. The van der Waals surface area contributed by atoms with Gasteiger partial charge in [-0.2, -0.15) is 0 Å². The van der Waals surface area contributed by atoms with Gasteiger partial charge in [-0.1, -0.05) is 51.9 Å². The zero-order chi connectivity index (χ0) is 20.1. The molecule has 5 heteroatoms. The summed E-state index contributed by atoms with van der Waals surface area (Å²) < 4.78 is 23.3. The highest BCUT2D eigenvalue weighted by Gasteiger charge is 2.39. The van der Waals surface area contributed by atoms with E-state index in [1.165, 1.54) is 57.8 Å². The molecule has 0 saturated carbocycles. The molecular weight excluding hydrogens is 356 g/mol. The molecule has 27 heavy (non-hydrogen) atoms. The summed E-state index contributed by atoms with van der Waals surface area (Å²) in [7, 11) is -2.43. The quantitative estimate of drug-likeness (QED) is 0.119. The van der Waals surface area contributed by atoms with E-state index < -0.39 is 8.80 Å². The second-order valence-electron chi connectivity index (χ2n) is 6.95. The van der Waals surface area contributed by atoms with Gasteiger partial charge >= 0.3 is 8.80 Å². The summed E-state index contributed by atoms with van der Waals surface area (Å²) in [5, 5.41) is 0. The summed E-state index contributed by atoms with van der Waals surface area (Å²) in [6.07, 6.45) is 17.8. The molecule has 0 fully saturated rings. The number of hydrogen-bond donors (Lipinski definition) is 0. The smallest absolute Gasteiger partial charge is 0.500 e. The van der Waals surface area contributed by atoms with Crippen molar-refractivity contribution in [1.82, 2.24) is 0 Å². The van der Waals surface area contributed by atoms with Crippen LogP contribution in [-0.2, 0) is 18.0 Å². The molecular formula is C22H46O4Si. The molecule has 0 aliphatic carbocycles. The zero-order valence-corrected chi connectivity index (χ0v) is 19.6. The first-order valence-corrected chi connectivity index (χ1v) is 13.4. The molecule has 0 amide bonds. The summed E-state index contributed by atoms with van der Waals surface area (Å²) in [5.41, 5.74) is 0. The average Bonchev–Trinajstić information content (AvgIpc) is 2.65. The third-order valence-corrected chi connectivity index (χ3v) is 7.66. The van der Waals surface area contributed by atoms with Gasteiger partial charge in [0.2, 0.25) is 0 Å². The van der Waals surface area contributed by atoms with E-state index in [9.17, 15) is 0 Å². The molecule has 0 aromatic heterocycles. The second kappa shape index (κ2) is 20.4. The predicted octanol–water partition coefficient (Wildman–Crippen LogP) is 6.88. The Kier molecular flexibility index (Phi) is 20.1. The lowest BCUT2D eigenvalue weighted by molar-refractivity contribution is 0.0706. The van der Waals surface area contributed by atoms with Gasteiger partial charge in [0, 0.05) is 25.9 Å². The Bertz CT molecular complexity index is 306. The average molecular weight is 403 g/mol. The topological polar surface area (TPSA) is 36.9 Å². The minimum Gasteiger partial charge on any atom is -0.502 e.